The summed E-state index contributed by atoms with van der Waals surface area (Å²) < 4.78 is 14.3. The smallest absolute Gasteiger partial charge is 0.137 e. The first-order valence-electron chi connectivity index (χ1n) is 6.99. The molecule has 106 valence electrons. The Labute approximate surface area is 123 Å². The molecule has 0 amide bonds. The second-order valence-corrected chi connectivity index (χ2v) is 6.16. The fourth-order valence-corrected chi connectivity index (χ4v) is 3.27. The average Bonchev–Trinajstić information content (AvgIpc) is 2.40. The Morgan fingerprint density at radius 2 is 2.26 bits per heavy atom. The van der Waals surface area contributed by atoms with E-state index >= 15 is 0 Å². The number of hydrogen-bond donors (Lipinski definition) is 1. The van der Waals surface area contributed by atoms with Gasteiger partial charge in [0.25, 0.3) is 0 Å². The summed E-state index contributed by atoms with van der Waals surface area (Å²) in [6.07, 6.45) is 2.43. The van der Waals surface area contributed by atoms with Gasteiger partial charge in [-0.2, -0.15) is 0 Å². The summed E-state index contributed by atoms with van der Waals surface area (Å²) in [6, 6.07) is 5.85. The molecule has 1 saturated heterocycles. The summed E-state index contributed by atoms with van der Waals surface area (Å²) in [5, 5.41) is 3.43. The lowest BCUT2D eigenvalue weighted by atomic mass is 9.85. The molecule has 0 aliphatic carbocycles. The maximum atomic E-state index is 13.8. The van der Waals surface area contributed by atoms with E-state index in [2.05, 4.69) is 40.1 Å². The van der Waals surface area contributed by atoms with E-state index in [1.807, 2.05) is 12.1 Å². The number of nitrogens with one attached hydrogen (secondary N) is 1. The van der Waals surface area contributed by atoms with E-state index in [1.165, 1.54) is 12.8 Å². The van der Waals surface area contributed by atoms with Gasteiger partial charge in [-0.3, -0.25) is 4.90 Å². The van der Waals surface area contributed by atoms with Crippen molar-refractivity contribution in [1.82, 2.24) is 10.2 Å². The van der Waals surface area contributed by atoms with Crippen molar-refractivity contribution in [3.63, 3.8) is 0 Å². The first-order valence-corrected chi connectivity index (χ1v) is 7.78. The van der Waals surface area contributed by atoms with E-state index in [-0.39, 0.29) is 5.82 Å². The lowest BCUT2D eigenvalue weighted by molar-refractivity contribution is 0.119. The maximum absolute atomic E-state index is 13.8. The molecule has 0 radical (unpaired) electrons. The third-order valence-electron chi connectivity index (χ3n) is 3.95. The number of likely N-dealkylation sites (tertiary alicyclic amines) is 1. The SMILES string of the molecule is CCNCC1CCCN(C)C1c1ccc(Br)c(F)c1. The summed E-state index contributed by atoms with van der Waals surface area (Å²) in [7, 11) is 2.14. The maximum Gasteiger partial charge on any atom is 0.137 e. The highest BCUT2D eigenvalue weighted by Crippen LogP contribution is 2.35. The highest BCUT2D eigenvalue weighted by Gasteiger charge is 2.30. The van der Waals surface area contributed by atoms with Gasteiger partial charge in [0.15, 0.2) is 0 Å². The van der Waals surface area contributed by atoms with E-state index in [9.17, 15) is 4.39 Å². The van der Waals surface area contributed by atoms with E-state index in [1.54, 1.807) is 6.07 Å². The second-order valence-electron chi connectivity index (χ2n) is 5.31. The molecule has 1 aromatic carbocycles. The quantitative estimate of drug-likeness (QED) is 0.908. The standard InChI is InChI=1S/C15H22BrFN2/c1-3-18-10-12-5-4-8-19(2)15(12)11-6-7-13(16)14(17)9-11/h6-7,9,12,15,18H,3-5,8,10H2,1-2H3. The molecule has 1 aliphatic heterocycles. The van der Waals surface area contributed by atoms with Crippen LogP contribution in [-0.2, 0) is 0 Å². The van der Waals surface area contributed by atoms with Crippen LogP contribution in [0.1, 0.15) is 31.4 Å². The number of rotatable bonds is 4. The molecular weight excluding hydrogens is 307 g/mol. The van der Waals surface area contributed by atoms with Crippen LogP contribution >= 0.6 is 15.9 Å². The van der Waals surface area contributed by atoms with Crippen LogP contribution < -0.4 is 5.32 Å². The first-order chi connectivity index (χ1) is 9.13. The molecule has 1 aromatic rings. The molecule has 1 aliphatic rings. The minimum atomic E-state index is -0.168. The molecular formula is C15H22BrFN2. The zero-order chi connectivity index (χ0) is 13.8. The van der Waals surface area contributed by atoms with Crippen LogP contribution in [0.4, 0.5) is 4.39 Å². The zero-order valence-corrected chi connectivity index (χ0v) is 13.2. The summed E-state index contributed by atoms with van der Waals surface area (Å²) >= 11 is 3.22. The number of hydrogen-bond acceptors (Lipinski definition) is 2. The van der Waals surface area contributed by atoms with Gasteiger partial charge in [-0.1, -0.05) is 13.0 Å². The summed E-state index contributed by atoms with van der Waals surface area (Å²) in [4.78, 5) is 2.36. The Morgan fingerprint density at radius 1 is 1.47 bits per heavy atom. The van der Waals surface area contributed by atoms with Crippen LogP contribution in [0.5, 0.6) is 0 Å². The molecule has 0 saturated carbocycles. The molecule has 4 heteroatoms. The molecule has 1 fully saturated rings. The fraction of sp³-hybridized carbons (Fsp3) is 0.600. The summed E-state index contributed by atoms with van der Waals surface area (Å²) in [6.45, 7) is 5.21. The summed E-state index contributed by atoms with van der Waals surface area (Å²) in [5.74, 6) is 0.387. The molecule has 0 bridgehead atoms. The van der Waals surface area contributed by atoms with E-state index in [0.29, 0.717) is 16.4 Å². The molecule has 2 rings (SSSR count). The van der Waals surface area contributed by atoms with Gasteiger partial charge in [0.2, 0.25) is 0 Å². The van der Waals surface area contributed by atoms with Crippen molar-refractivity contribution < 1.29 is 4.39 Å². The van der Waals surface area contributed by atoms with Gasteiger partial charge in [0.1, 0.15) is 5.82 Å². The van der Waals surface area contributed by atoms with Crippen LogP contribution in [-0.4, -0.2) is 31.6 Å². The third-order valence-corrected chi connectivity index (χ3v) is 4.59. The van der Waals surface area contributed by atoms with Crippen molar-refractivity contribution in [3.05, 3.63) is 34.1 Å². The van der Waals surface area contributed by atoms with Gasteiger partial charge in [0.05, 0.1) is 4.47 Å². The molecule has 2 atom stereocenters. The predicted octanol–water partition coefficient (Wildman–Crippen LogP) is 3.58. The summed E-state index contributed by atoms with van der Waals surface area (Å²) in [5.41, 5.74) is 1.09. The highest BCUT2D eigenvalue weighted by molar-refractivity contribution is 9.10. The largest absolute Gasteiger partial charge is 0.317 e. The number of nitrogens with zero attached hydrogens (tertiary/aromatic N) is 1. The molecule has 19 heavy (non-hydrogen) atoms. The minimum Gasteiger partial charge on any atom is -0.317 e. The average molecular weight is 329 g/mol. The van der Waals surface area contributed by atoms with Crippen molar-refractivity contribution in [2.24, 2.45) is 5.92 Å². The van der Waals surface area contributed by atoms with E-state index in [0.717, 1.165) is 25.2 Å². The van der Waals surface area contributed by atoms with Crippen molar-refractivity contribution in [2.75, 3.05) is 26.7 Å². The molecule has 2 nitrogen and oxygen atoms in total. The lowest BCUT2D eigenvalue weighted by Crippen LogP contribution is -2.40. The van der Waals surface area contributed by atoms with Crippen LogP contribution in [0.2, 0.25) is 0 Å². The first kappa shape index (κ1) is 14.9. The van der Waals surface area contributed by atoms with Gasteiger partial charge >= 0.3 is 0 Å². The van der Waals surface area contributed by atoms with Crippen LogP contribution in [0.15, 0.2) is 22.7 Å². The normalized spacial score (nSPS) is 24.6. The molecule has 2 unspecified atom stereocenters. The fourth-order valence-electron chi connectivity index (χ4n) is 3.03. The molecule has 1 N–H and O–H groups in total. The van der Waals surface area contributed by atoms with Gasteiger partial charge < -0.3 is 5.32 Å². The van der Waals surface area contributed by atoms with E-state index < -0.39 is 0 Å². The predicted molar refractivity (Wildman–Crippen MR) is 80.7 cm³/mol. The Bertz CT molecular complexity index is 425. The van der Waals surface area contributed by atoms with E-state index in [4.69, 9.17) is 0 Å². The Kier molecular flexibility index (Phi) is 5.37. The van der Waals surface area contributed by atoms with Gasteiger partial charge in [0, 0.05) is 6.04 Å². The number of piperidine rings is 1. The van der Waals surface area contributed by atoms with Gasteiger partial charge in [-0.25, -0.2) is 4.39 Å². The van der Waals surface area contributed by atoms with Crippen LogP contribution in [0, 0.1) is 11.7 Å². The number of benzene rings is 1. The third kappa shape index (κ3) is 3.56. The highest BCUT2D eigenvalue weighted by atomic mass is 79.9. The van der Waals surface area contributed by atoms with Crippen molar-refractivity contribution in [1.29, 1.82) is 0 Å². The number of halogens is 2. The van der Waals surface area contributed by atoms with Crippen LogP contribution in [0.25, 0.3) is 0 Å². The van der Waals surface area contributed by atoms with Crippen LogP contribution in [0.3, 0.4) is 0 Å². The van der Waals surface area contributed by atoms with Gasteiger partial charge in [-0.15, -0.1) is 0 Å². The lowest BCUT2D eigenvalue weighted by Gasteiger charge is -2.39. The van der Waals surface area contributed by atoms with Crippen molar-refractivity contribution in [2.45, 2.75) is 25.8 Å². The zero-order valence-electron chi connectivity index (χ0n) is 11.6. The molecule has 0 aromatic heterocycles. The molecule has 1 heterocycles. The van der Waals surface area contributed by atoms with Gasteiger partial charge in [-0.05, 0) is 79.1 Å². The minimum absolute atomic E-state index is 0.168. The van der Waals surface area contributed by atoms with Crippen molar-refractivity contribution in [3.8, 4) is 0 Å². The monoisotopic (exact) mass is 328 g/mol. The van der Waals surface area contributed by atoms with Crippen molar-refractivity contribution >= 4 is 15.9 Å². The Hall–Kier alpha value is -0.450. The molecule has 0 spiro atoms. The second kappa shape index (κ2) is 6.82. The Balaban J connectivity index is 2.22. The Morgan fingerprint density at radius 3 is 2.95 bits per heavy atom. The topological polar surface area (TPSA) is 15.3 Å².